The summed E-state index contributed by atoms with van der Waals surface area (Å²) in [6.45, 7) is 0. The molecule has 7 heteroatoms. The summed E-state index contributed by atoms with van der Waals surface area (Å²) >= 11 is 0. The van der Waals surface area contributed by atoms with E-state index in [0.717, 1.165) is 65.2 Å². The molecule has 1 aliphatic carbocycles. The molecule has 7 nitrogen and oxygen atoms in total. The van der Waals surface area contributed by atoms with Gasteiger partial charge in [0, 0.05) is 24.1 Å². The Labute approximate surface area is 169 Å². The van der Waals surface area contributed by atoms with E-state index in [2.05, 4.69) is 21.4 Å². The number of hydrogen-bond acceptors (Lipinski definition) is 5. The lowest BCUT2D eigenvalue weighted by Crippen LogP contribution is -2.29. The van der Waals surface area contributed by atoms with Crippen LogP contribution in [0.1, 0.15) is 25.7 Å². The SMILES string of the molecule is COc1ccc2[nH]c(-c3cnc4ccc(NC5CCC(OC)CC5)nn34)cc2c1. The van der Waals surface area contributed by atoms with Gasteiger partial charge in [0.05, 0.1) is 25.1 Å². The Kier molecular flexibility index (Phi) is 4.60. The number of nitrogens with one attached hydrogen (secondary N) is 2. The van der Waals surface area contributed by atoms with E-state index in [1.807, 2.05) is 41.0 Å². The predicted molar refractivity (Wildman–Crippen MR) is 114 cm³/mol. The standard InChI is InChI=1S/C22H25N5O2/c1-28-16-5-3-15(4-6-16)24-21-9-10-22-23-13-20(27(22)26-21)19-12-14-11-17(29-2)7-8-18(14)25-19/h7-13,15-16,25H,3-6H2,1-2H3,(H,24,26). The van der Waals surface area contributed by atoms with Crippen molar-refractivity contribution >= 4 is 22.4 Å². The smallest absolute Gasteiger partial charge is 0.154 e. The van der Waals surface area contributed by atoms with Crippen LogP contribution < -0.4 is 10.1 Å². The first-order chi connectivity index (χ1) is 14.2. The Morgan fingerprint density at radius 1 is 1.07 bits per heavy atom. The van der Waals surface area contributed by atoms with Crippen LogP contribution in [-0.2, 0) is 4.74 Å². The van der Waals surface area contributed by atoms with Gasteiger partial charge in [0.2, 0.25) is 0 Å². The number of ether oxygens (including phenoxy) is 2. The summed E-state index contributed by atoms with van der Waals surface area (Å²) in [4.78, 5) is 7.98. The molecule has 1 fully saturated rings. The van der Waals surface area contributed by atoms with E-state index in [1.54, 1.807) is 14.2 Å². The molecule has 0 spiro atoms. The molecule has 0 saturated heterocycles. The van der Waals surface area contributed by atoms with Crippen molar-refractivity contribution < 1.29 is 9.47 Å². The summed E-state index contributed by atoms with van der Waals surface area (Å²) in [5.41, 5.74) is 3.79. The zero-order valence-corrected chi connectivity index (χ0v) is 16.7. The highest BCUT2D eigenvalue weighted by atomic mass is 16.5. The Balaban J connectivity index is 1.44. The molecule has 0 aliphatic heterocycles. The number of nitrogens with zero attached hydrogens (tertiary/aromatic N) is 3. The third-order valence-electron chi connectivity index (χ3n) is 5.83. The number of aromatic amines is 1. The number of aromatic nitrogens is 4. The third kappa shape index (κ3) is 3.42. The number of hydrogen-bond donors (Lipinski definition) is 2. The van der Waals surface area contributed by atoms with Gasteiger partial charge in [-0.05, 0) is 62.1 Å². The summed E-state index contributed by atoms with van der Waals surface area (Å²) in [6, 6.07) is 12.5. The number of rotatable bonds is 5. The zero-order chi connectivity index (χ0) is 19.8. The van der Waals surface area contributed by atoms with Gasteiger partial charge in [-0.3, -0.25) is 0 Å². The summed E-state index contributed by atoms with van der Waals surface area (Å²) < 4.78 is 12.7. The second-order valence-electron chi connectivity index (χ2n) is 7.62. The fraction of sp³-hybridized carbons (Fsp3) is 0.364. The van der Waals surface area contributed by atoms with E-state index < -0.39 is 0 Å². The lowest BCUT2D eigenvalue weighted by molar-refractivity contribution is 0.0681. The van der Waals surface area contributed by atoms with Gasteiger partial charge in [-0.25, -0.2) is 9.50 Å². The van der Waals surface area contributed by atoms with Crippen molar-refractivity contribution in [2.45, 2.75) is 37.8 Å². The molecule has 0 bridgehead atoms. The second kappa shape index (κ2) is 7.40. The highest BCUT2D eigenvalue weighted by Gasteiger charge is 2.21. The largest absolute Gasteiger partial charge is 0.497 e. The number of benzene rings is 1. The molecule has 0 unspecified atom stereocenters. The average Bonchev–Trinajstić information content (AvgIpc) is 3.37. The maximum atomic E-state index is 5.47. The van der Waals surface area contributed by atoms with Crippen molar-refractivity contribution in [3.8, 4) is 17.1 Å². The minimum Gasteiger partial charge on any atom is -0.497 e. The summed E-state index contributed by atoms with van der Waals surface area (Å²) in [7, 11) is 3.48. The number of imidazole rings is 1. The molecule has 1 saturated carbocycles. The first kappa shape index (κ1) is 18.0. The van der Waals surface area contributed by atoms with Crippen molar-refractivity contribution in [3.63, 3.8) is 0 Å². The van der Waals surface area contributed by atoms with Gasteiger partial charge in [-0.1, -0.05) is 0 Å². The van der Waals surface area contributed by atoms with Crippen LogP contribution in [0.4, 0.5) is 5.82 Å². The molecule has 4 aromatic rings. The van der Waals surface area contributed by atoms with Crippen LogP contribution in [0.25, 0.3) is 27.9 Å². The maximum absolute atomic E-state index is 5.47. The van der Waals surface area contributed by atoms with Crippen LogP contribution >= 0.6 is 0 Å². The van der Waals surface area contributed by atoms with Gasteiger partial charge >= 0.3 is 0 Å². The van der Waals surface area contributed by atoms with Crippen molar-refractivity contribution in [3.05, 3.63) is 42.6 Å². The van der Waals surface area contributed by atoms with Crippen molar-refractivity contribution in [2.75, 3.05) is 19.5 Å². The topological polar surface area (TPSA) is 76.5 Å². The Morgan fingerprint density at radius 3 is 2.72 bits per heavy atom. The Morgan fingerprint density at radius 2 is 1.93 bits per heavy atom. The predicted octanol–water partition coefficient (Wildman–Crippen LogP) is 4.26. The van der Waals surface area contributed by atoms with Crippen LogP contribution in [-0.4, -0.2) is 45.9 Å². The lowest BCUT2D eigenvalue weighted by atomic mass is 9.93. The first-order valence-corrected chi connectivity index (χ1v) is 10.0. The van der Waals surface area contributed by atoms with Crippen LogP contribution in [0.15, 0.2) is 42.6 Å². The number of fused-ring (bicyclic) bond motifs is 2. The Hall–Kier alpha value is -3.06. The molecule has 150 valence electrons. The fourth-order valence-corrected chi connectivity index (χ4v) is 4.16. The van der Waals surface area contributed by atoms with Gasteiger partial charge in [0.1, 0.15) is 17.3 Å². The molecule has 0 atom stereocenters. The number of methoxy groups -OCH3 is 2. The van der Waals surface area contributed by atoms with Crippen molar-refractivity contribution in [1.82, 2.24) is 19.6 Å². The van der Waals surface area contributed by atoms with Crippen molar-refractivity contribution in [1.29, 1.82) is 0 Å². The lowest BCUT2D eigenvalue weighted by Gasteiger charge is -2.28. The summed E-state index contributed by atoms with van der Waals surface area (Å²) in [6.07, 6.45) is 6.62. The minimum atomic E-state index is 0.393. The normalized spacial score (nSPS) is 19.7. The molecule has 29 heavy (non-hydrogen) atoms. The molecule has 3 heterocycles. The van der Waals surface area contributed by atoms with Gasteiger partial charge < -0.3 is 19.8 Å². The van der Waals surface area contributed by atoms with Crippen LogP contribution in [0.2, 0.25) is 0 Å². The zero-order valence-electron chi connectivity index (χ0n) is 16.7. The molecule has 2 N–H and O–H groups in total. The third-order valence-corrected chi connectivity index (χ3v) is 5.83. The average molecular weight is 391 g/mol. The maximum Gasteiger partial charge on any atom is 0.154 e. The molecule has 1 aromatic carbocycles. The number of H-pyrrole nitrogens is 1. The van der Waals surface area contributed by atoms with E-state index in [9.17, 15) is 0 Å². The molecule has 0 amide bonds. The monoisotopic (exact) mass is 391 g/mol. The molecule has 3 aromatic heterocycles. The molecular weight excluding hydrogens is 366 g/mol. The van der Waals surface area contributed by atoms with Crippen LogP contribution in [0, 0.1) is 0 Å². The summed E-state index contributed by atoms with van der Waals surface area (Å²) in [5, 5.41) is 9.50. The second-order valence-corrected chi connectivity index (χ2v) is 7.62. The minimum absolute atomic E-state index is 0.393. The number of anilines is 1. The molecule has 1 aliphatic rings. The van der Waals surface area contributed by atoms with E-state index in [-0.39, 0.29) is 0 Å². The highest BCUT2D eigenvalue weighted by molar-refractivity contribution is 5.86. The highest BCUT2D eigenvalue weighted by Crippen LogP contribution is 2.28. The van der Waals surface area contributed by atoms with Gasteiger partial charge in [-0.15, -0.1) is 5.10 Å². The van der Waals surface area contributed by atoms with Gasteiger partial charge in [0.25, 0.3) is 0 Å². The van der Waals surface area contributed by atoms with Crippen LogP contribution in [0.5, 0.6) is 5.75 Å². The van der Waals surface area contributed by atoms with Crippen molar-refractivity contribution in [2.24, 2.45) is 0 Å². The fourth-order valence-electron chi connectivity index (χ4n) is 4.16. The summed E-state index contributed by atoms with van der Waals surface area (Å²) in [5.74, 6) is 1.71. The molecular formula is C22H25N5O2. The van der Waals surface area contributed by atoms with E-state index in [0.29, 0.717) is 12.1 Å². The van der Waals surface area contributed by atoms with E-state index in [1.165, 1.54) is 0 Å². The van der Waals surface area contributed by atoms with E-state index >= 15 is 0 Å². The quantitative estimate of drug-likeness (QED) is 0.532. The van der Waals surface area contributed by atoms with Gasteiger partial charge in [-0.2, -0.15) is 0 Å². The first-order valence-electron chi connectivity index (χ1n) is 10.0. The molecule has 0 radical (unpaired) electrons. The molecule has 5 rings (SSSR count). The Bertz CT molecular complexity index is 1140. The van der Waals surface area contributed by atoms with Crippen LogP contribution in [0.3, 0.4) is 0 Å². The van der Waals surface area contributed by atoms with E-state index in [4.69, 9.17) is 14.6 Å². The van der Waals surface area contributed by atoms with Gasteiger partial charge in [0.15, 0.2) is 5.65 Å².